The maximum Gasteiger partial charge on any atom is 0.0211 e. The van der Waals surface area contributed by atoms with Gasteiger partial charge in [-0.1, -0.05) is 18.2 Å². The Kier molecular flexibility index (Phi) is 2.38. The average Bonchev–Trinajstić information content (AvgIpc) is 2.17. The molecule has 0 bridgehead atoms. The lowest BCUT2D eigenvalue weighted by atomic mass is 9.97. The van der Waals surface area contributed by atoms with Gasteiger partial charge in [-0.15, -0.1) is 0 Å². The Bertz CT molecular complexity index is 269. The van der Waals surface area contributed by atoms with E-state index >= 15 is 0 Å². The van der Waals surface area contributed by atoms with E-state index in [2.05, 4.69) is 36.1 Å². The second-order valence-electron chi connectivity index (χ2n) is 3.14. The third-order valence-electron chi connectivity index (χ3n) is 2.41. The minimum atomic E-state index is 0.852. The van der Waals surface area contributed by atoms with E-state index in [-0.39, 0.29) is 0 Å². The lowest BCUT2D eigenvalue weighted by Crippen LogP contribution is -2.24. The second kappa shape index (κ2) is 3.50. The Labute approximate surface area is 78.6 Å². The molecular formula is C10H13NS. The normalized spacial score (nSPS) is 15.8. The molecule has 1 aromatic rings. The topological polar surface area (TPSA) is 12.0 Å². The summed E-state index contributed by atoms with van der Waals surface area (Å²) in [6.07, 6.45) is 1.16. The van der Waals surface area contributed by atoms with Crippen molar-refractivity contribution in [1.82, 2.24) is 5.32 Å². The van der Waals surface area contributed by atoms with E-state index < -0.39 is 0 Å². The first-order valence-corrected chi connectivity index (χ1v) is 4.96. The van der Waals surface area contributed by atoms with Crippen molar-refractivity contribution in [2.45, 2.75) is 18.7 Å². The molecule has 0 fully saturated rings. The third-order valence-corrected chi connectivity index (χ3v) is 2.75. The summed E-state index contributed by atoms with van der Waals surface area (Å²) in [7, 11) is 0. The molecular weight excluding hydrogens is 166 g/mol. The highest BCUT2D eigenvalue weighted by Crippen LogP contribution is 2.19. The molecule has 0 aliphatic carbocycles. The highest BCUT2D eigenvalue weighted by molar-refractivity contribution is 7.79. The zero-order chi connectivity index (χ0) is 8.39. The summed E-state index contributed by atoms with van der Waals surface area (Å²) in [5, 5.41) is 3.38. The van der Waals surface area contributed by atoms with Crippen LogP contribution < -0.4 is 5.32 Å². The summed E-state index contributed by atoms with van der Waals surface area (Å²) >= 11 is 4.32. The zero-order valence-corrected chi connectivity index (χ0v) is 7.90. The number of hydrogen-bond acceptors (Lipinski definition) is 2. The van der Waals surface area contributed by atoms with Gasteiger partial charge in [0, 0.05) is 12.3 Å². The maximum atomic E-state index is 4.32. The largest absolute Gasteiger partial charge is 0.312 e. The van der Waals surface area contributed by atoms with Gasteiger partial charge in [0.15, 0.2) is 0 Å². The van der Waals surface area contributed by atoms with E-state index in [1.54, 1.807) is 0 Å². The molecule has 64 valence electrons. The monoisotopic (exact) mass is 179 g/mol. The third kappa shape index (κ3) is 1.37. The molecule has 1 heterocycles. The standard InChI is InChI=1S/C10H13NS/c12-7-9-3-1-2-8-4-5-11-6-10(8)9/h1-3,11-12H,4-7H2. The first kappa shape index (κ1) is 8.14. The van der Waals surface area contributed by atoms with Crippen LogP contribution in [0, 0.1) is 0 Å². The molecule has 0 saturated heterocycles. The van der Waals surface area contributed by atoms with Crippen LogP contribution in [0.25, 0.3) is 0 Å². The molecule has 12 heavy (non-hydrogen) atoms. The Morgan fingerprint density at radius 1 is 1.42 bits per heavy atom. The highest BCUT2D eigenvalue weighted by atomic mass is 32.1. The average molecular weight is 179 g/mol. The predicted octanol–water partition coefficient (Wildman–Crippen LogP) is 1.76. The summed E-state index contributed by atoms with van der Waals surface area (Å²) in [4.78, 5) is 0. The molecule has 1 aromatic carbocycles. The minimum Gasteiger partial charge on any atom is -0.312 e. The quantitative estimate of drug-likeness (QED) is 0.626. The SMILES string of the molecule is SCc1cccc2c1CNCC2. The summed E-state index contributed by atoms with van der Waals surface area (Å²) < 4.78 is 0. The molecule has 0 unspecified atom stereocenters. The van der Waals surface area contributed by atoms with Crippen LogP contribution in [0.4, 0.5) is 0 Å². The van der Waals surface area contributed by atoms with Gasteiger partial charge in [0.25, 0.3) is 0 Å². The Balaban J connectivity index is 2.44. The van der Waals surface area contributed by atoms with Gasteiger partial charge in [0.2, 0.25) is 0 Å². The molecule has 0 radical (unpaired) electrons. The second-order valence-corrected chi connectivity index (χ2v) is 3.46. The van der Waals surface area contributed by atoms with Gasteiger partial charge >= 0.3 is 0 Å². The van der Waals surface area contributed by atoms with Crippen LogP contribution in [-0.2, 0) is 18.7 Å². The molecule has 0 aromatic heterocycles. The molecule has 2 rings (SSSR count). The number of thiol groups is 1. The van der Waals surface area contributed by atoms with Crippen molar-refractivity contribution in [2.24, 2.45) is 0 Å². The Morgan fingerprint density at radius 2 is 2.33 bits per heavy atom. The van der Waals surface area contributed by atoms with E-state index in [9.17, 15) is 0 Å². The summed E-state index contributed by atoms with van der Waals surface area (Å²) in [5.74, 6) is 0.852. The fraction of sp³-hybridized carbons (Fsp3) is 0.400. The van der Waals surface area contributed by atoms with Crippen molar-refractivity contribution in [3.8, 4) is 0 Å². The number of nitrogens with one attached hydrogen (secondary N) is 1. The van der Waals surface area contributed by atoms with E-state index in [1.165, 1.54) is 16.7 Å². The molecule has 0 spiro atoms. The fourth-order valence-electron chi connectivity index (χ4n) is 1.73. The van der Waals surface area contributed by atoms with Crippen LogP contribution in [0.2, 0.25) is 0 Å². The van der Waals surface area contributed by atoms with Gasteiger partial charge in [0.05, 0.1) is 0 Å². The maximum absolute atomic E-state index is 4.32. The Morgan fingerprint density at radius 3 is 3.17 bits per heavy atom. The molecule has 1 N–H and O–H groups in total. The van der Waals surface area contributed by atoms with Crippen molar-refractivity contribution in [1.29, 1.82) is 0 Å². The van der Waals surface area contributed by atoms with Crippen LogP contribution in [0.3, 0.4) is 0 Å². The van der Waals surface area contributed by atoms with Crippen molar-refractivity contribution in [2.75, 3.05) is 6.54 Å². The molecule has 1 aliphatic heterocycles. The van der Waals surface area contributed by atoms with Crippen LogP contribution in [-0.4, -0.2) is 6.54 Å². The predicted molar refractivity (Wildman–Crippen MR) is 54.5 cm³/mol. The van der Waals surface area contributed by atoms with Crippen molar-refractivity contribution < 1.29 is 0 Å². The molecule has 0 amide bonds. The summed E-state index contributed by atoms with van der Waals surface area (Å²) in [5.41, 5.74) is 4.35. The molecule has 0 saturated carbocycles. The van der Waals surface area contributed by atoms with Gasteiger partial charge in [-0.2, -0.15) is 12.6 Å². The van der Waals surface area contributed by atoms with Gasteiger partial charge in [-0.3, -0.25) is 0 Å². The van der Waals surface area contributed by atoms with E-state index in [0.717, 1.165) is 25.3 Å². The van der Waals surface area contributed by atoms with E-state index in [0.29, 0.717) is 0 Å². The van der Waals surface area contributed by atoms with E-state index in [1.807, 2.05) is 0 Å². The smallest absolute Gasteiger partial charge is 0.0211 e. The van der Waals surface area contributed by atoms with Gasteiger partial charge < -0.3 is 5.32 Å². The molecule has 2 heteroatoms. The van der Waals surface area contributed by atoms with Crippen LogP contribution >= 0.6 is 12.6 Å². The number of fused-ring (bicyclic) bond motifs is 1. The van der Waals surface area contributed by atoms with E-state index in [4.69, 9.17) is 0 Å². The first-order chi connectivity index (χ1) is 5.92. The van der Waals surface area contributed by atoms with Gasteiger partial charge in [-0.25, -0.2) is 0 Å². The lowest BCUT2D eigenvalue weighted by molar-refractivity contribution is 0.640. The van der Waals surface area contributed by atoms with Crippen LogP contribution in [0.15, 0.2) is 18.2 Å². The van der Waals surface area contributed by atoms with Crippen LogP contribution in [0.5, 0.6) is 0 Å². The molecule has 0 atom stereocenters. The van der Waals surface area contributed by atoms with Crippen molar-refractivity contribution in [3.63, 3.8) is 0 Å². The molecule has 1 nitrogen and oxygen atoms in total. The summed E-state index contributed by atoms with van der Waals surface area (Å²) in [6, 6.07) is 6.53. The first-order valence-electron chi connectivity index (χ1n) is 4.33. The number of rotatable bonds is 1. The highest BCUT2D eigenvalue weighted by Gasteiger charge is 2.10. The molecule has 1 aliphatic rings. The fourth-order valence-corrected chi connectivity index (χ4v) is 2.03. The Hall–Kier alpha value is -0.470. The van der Waals surface area contributed by atoms with Gasteiger partial charge in [0.1, 0.15) is 0 Å². The van der Waals surface area contributed by atoms with Crippen molar-refractivity contribution in [3.05, 3.63) is 34.9 Å². The van der Waals surface area contributed by atoms with Crippen molar-refractivity contribution >= 4 is 12.6 Å². The van der Waals surface area contributed by atoms with Crippen LogP contribution in [0.1, 0.15) is 16.7 Å². The minimum absolute atomic E-state index is 0.852. The number of hydrogen-bond donors (Lipinski definition) is 2. The number of benzene rings is 1. The zero-order valence-electron chi connectivity index (χ0n) is 7.01. The summed E-state index contributed by atoms with van der Waals surface area (Å²) in [6.45, 7) is 2.13. The lowest BCUT2D eigenvalue weighted by Gasteiger charge is -2.19. The van der Waals surface area contributed by atoms with Gasteiger partial charge in [-0.05, 0) is 29.7 Å².